The third kappa shape index (κ3) is 6.42. The van der Waals surface area contributed by atoms with E-state index >= 15 is 0 Å². The second-order valence-electron chi connectivity index (χ2n) is 7.42. The smallest absolute Gasteiger partial charge is 0.226 e. The molecule has 1 amide bonds. The van der Waals surface area contributed by atoms with Crippen molar-refractivity contribution in [3.8, 4) is 17.1 Å². The molecule has 3 rings (SSSR count). The fraction of sp³-hybridized carbons (Fsp3) is 0.348. The van der Waals surface area contributed by atoms with Crippen LogP contribution in [0.2, 0.25) is 0 Å². The van der Waals surface area contributed by atoms with Gasteiger partial charge in [-0.3, -0.25) is 4.79 Å². The van der Waals surface area contributed by atoms with Gasteiger partial charge in [0.05, 0.1) is 7.11 Å². The standard InChI is InChI=1S/C23H28N4O3/c1-27(2)16-18-9-7-17(8-10-18)15-24-21(28)5-4-6-22-25-23(26-30-22)19-11-13-20(29-3)14-12-19/h7-14H,4-6,15-16H2,1-3H3,(H,24,28). The van der Waals surface area contributed by atoms with Crippen molar-refractivity contribution >= 4 is 5.91 Å². The maximum Gasteiger partial charge on any atom is 0.226 e. The number of nitrogens with zero attached hydrogens (tertiary/aromatic N) is 3. The zero-order chi connectivity index (χ0) is 21.3. The van der Waals surface area contributed by atoms with Crippen LogP contribution in [0.4, 0.5) is 0 Å². The molecule has 0 aliphatic rings. The molecule has 0 atom stereocenters. The van der Waals surface area contributed by atoms with Gasteiger partial charge in [-0.25, -0.2) is 0 Å². The molecular weight excluding hydrogens is 380 g/mol. The first-order chi connectivity index (χ1) is 14.5. The Hall–Kier alpha value is -3.19. The second kappa shape index (κ2) is 10.5. The summed E-state index contributed by atoms with van der Waals surface area (Å²) in [5.41, 5.74) is 3.20. The molecule has 7 nitrogen and oxygen atoms in total. The molecule has 0 saturated carbocycles. The summed E-state index contributed by atoms with van der Waals surface area (Å²) in [4.78, 5) is 18.6. The molecule has 1 heterocycles. The van der Waals surface area contributed by atoms with Gasteiger partial charge >= 0.3 is 0 Å². The number of ether oxygens (including phenoxy) is 1. The minimum atomic E-state index is 0.0160. The van der Waals surface area contributed by atoms with E-state index in [0.29, 0.717) is 37.5 Å². The average Bonchev–Trinajstić information content (AvgIpc) is 3.22. The van der Waals surface area contributed by atoms with Gasteiger partial charge < -0.3 is 19.5 Å². The Morgan fingerprint density at radius 3 is 2.43 bits per heavy atom. The van der Waals surface area contributed by atoms with E-state index in [9.17, 15) is 4.79 Å². The molecule has 0 fully saturated rings. The molecule has 30 heavy (non-hydrogen) atoms. The van der Waals surface area contributed by atoms with Gasteiger partial charge in [0.25, 0.3) is 0 Å². The lowest BCUT2D eigenvalue weighted by Gasteiger charge is -2.10. The molecule has 0 aliphatic heterocycles. The molecule has 158 valence electrons. The number of carbonyl (C=O) groups is 1. The van der Waals surface area contributed by atoms with Gasteiger partial charge in [-0.05, 0) is 55.9 Å². The van der Waals surface area contributed by atoms with Gasteiger partial charge in [0.1, 0.15) is 5.75 Å². The summed E-state index contributed by atoms with van der Waals surface area (Å²) in [5.74, 6) is 1.86. The molecular formula is C23H28N4O3. The van der Waals surface area contributed by atoms with Crippen molar-refractivity contribution in [3.05, 3.63) is 65.5 Å². The molecule has 7 heteroatoms. The van der Waals surface area contributed by atoms with E-state index < -0.39 is 0 Å². The first-order valence-corrected chi connectivity index (χ1v) is 10.00. The number of hydrogen-bond donors (Lipinski definition) is 1. The first-order valence-electron chi connectivity index (χ1n) is 10.00. The van der Waals surface area contributed by atoms with Crippen LogP contribution in [0.5, 0.6) is 5.75 Å². The average molecular weight is 409 g/mol. The van der Waals surface area contributed by atoms with Gasteiger partial charge in [-0.1, -0.05) is 29.4 Å². The molecule has 0 spiro atoms. The predicted molar refractivity (Wildman–Crippen MR) is 115 cm³/mol. The van der Waals surface area contributed by atoms with Crippen LogP contribution in [0.25, 0.3) is 11.4 Å². The summed E-state index contributed by atoms with van der Waals surface area (Å²) >= 11 is 0. The fourth-order valence-corrected chi connectivity index (χ4v) is 3.03. The van der Waals surface area contributed by atoms with E-state index in [2.05, 4.69) is 44.6 Å². The Morgan fingerprint density at radius 2 is 1.77 bits per heavy atom. The third-order valence-corrected chi connectivity index (χ3v) is 4.62. The summed E-state index contributed by atoms with van der Waals surface area (Å²) in [5, 5.41) is 6.97. The summed E-state index contributed by atoms with van der Waals surface area (Å²) in [6.07, 6.45) is 1.63. The molecule has 1 N–H and O–H groups in total. The zero-order valence-electron chi connectivity index (χ0n) is 17.7. The highest BCUT2D eigenvalue weighted by Crippen LogP contribution is 2.20. The van der Waals surface area contributed by atoms with Crippen molar-refractivity contribution in [1.29, 1.82) is 0 Å². The predicted octanol–water partition coefficient (Wildman–Crippen LogP) is 3.45. The van der Waals surface area contributed by atoms with E-state index in [4.69, 9.17) is 9.26 Å². The van der Waals surface area contributed by atoms with Crippen molar-refractivity contribution < 1.29 is 14.1 Å². The number of methoxy groups -OCH3 is 1. The van der Waals surface area contributed by atoms with Gasteiger partial charge in [0.2, 0.25) is 17.6 Å². The maximum atomic E-state index is 12.1. The number of aryl methyl sites for hydroxylation is 1. The largest absolute Gasteiger partial charge is 0.497 e. The highest BCUT2D eigenvalue weighted by molar-refractivity contribution is 5.75. The van der Waals surface area contributed by atoms with Crippen molar-refractivity contribution in [2.75, 3.05) is 21.2 Å². The summed E-state index contributed by atoms with van der Waals surface area (Å²) < 4.78 is 10.4. The molecule has 0 aliphatic carbocycles. The van der Waals surface area contributed by atoms with Crippen LogP contribution in [0, 0.1) is 0 Å². The van der Waals surface area contributed by atoms with E-state index in [-0.39, 0.29) is 5.91 Å². The highest BCUT2D eigenvalue weighted by Gasteiger charge is 2.10. The first kappa shape index (κ1) is 21.5. The van der Waals surface area contributed by atoms with Gasteiger partial charge in [0.15, 0.2) is 0 Å². The minimum Gasteiger partial charge on any atom is -0.497 e. The molecule has 0 radical (unpaired) electrons. The van der Waals surface area contributed by atoms with Crippen LogP contribution in [0.1, 0.15) is 29.9 Å². The topological polar surface area (TPSA) is 80.5 Å². The quantitative estimate of drug-likeness (QED) is 0.553. The maximum absolute atomic E-state index is 12.1. The van der Waals surface area contributed by atoms with Crippen LogP contribution in [-0.2, 0) is 24.3 Å². The number of amides is 1. The summed E-state index contributed by atoms with van der Waals surface area (Å²) in [7, 11) is 5.71. The second-order valence-corrected chi connectivity index (χ2v) is 7.42. The number of carbonyl (C=O) groups excluding carboxylic acids is 1. The van der Waals surface area contributed by atoms with E-state index in [1.807, 2.05) is 38.4 Å². The van der Waals surface area contributed by atoms with Crippen LogP contribution in [0.15, 0.2) is 53.1 Å². The van der Waals surface area contributed by atoms with Crippen molar-refractivity contribution in [3.63, 3.8) is 0 Å². The van der Waals surface area contributed by atoms with E-state index in [1.54, 1.807) is 7.11 Å². The number of nitrogens with one attached hydrogen (secondary N) is 1. The number of rotatable bonds is 10. The van der Waals surface area contributed by atoms with Crippen LogP contribution < -0.4 is 10.1 Å². The Kier molecular flexibility index (Phi) is 7.57. The zero-order valence-corrected chi connectivity index (χ0v) is 17.7. The van der Waals surface area contributed by atoms with Crippen LogP contribution in [0.3, 0.4) is 0 Å². The molecule has 0 bridgehead atoms. The van der Waals surface area contributed by atoms with Gasteiger partial charge in [-0.2, -0.15) is 4.98 Å². The lowest BCUT2D eigenvalue weighted by molar-refractivity contribution is -0.121. The van der Waals surface area contributed by atoms with Crippen LogP contribution >= 0.6 is 0 Å². The lowest BCUT2D eigenvalue weighted by Crippen LogP contribution is -2.22. The van der Waals surface area contributed by atoms with Crippen LogP contribution in [-0.4, -0.2) is 42.2 Å². The molecule has 1 aromatic heterocycles. The fourth-order valence-electron chi connectivity index (χ4n) is 3.03. The SMILES string of the molecule is COc1ccc(-c2noc(CCCC(=O)NCc3ccc(CN(C)C)cc3)n2)cc1. The molecule has 3 aromatic rings. The number of benzene rings is 2. The minimum absolute atomic E-state index is 0.0160. The highest BCUT2D eigenvalue weighted by atomic mass is 16.5. The molecule has 0 saturated heterocycles. The summed E-state index contributed by atoms with van der Waals surface area (Å²) in [6, 6.07) is 15.8. The Labute approximate surface area is 177 Å². The monoisotopic (exact) mass is 408 g/mol. The Balaban J connectivity index is 1.39. The van der Waals surface area contributed by atoms with E-state index in [1.165, 1.54) is 5.56 Å². The molecule has 2 aromatic carbocycles. The lowest BCUT2D eigenvalue weighted by atomic mass is 10.1. The Morgan fingerprint density at radius 1 is 1.07 bits per heavy atom. The van der Waals surface area contributed by atoms with E-state index in [0.717, 1.165) is 23.4 Å². The Bertz CT molecular complexity index is 934. The third-order valence-electron chi connectivity index (χ3n) is 4.62. The van der Waals surface area contributed by atoms with Crippen molar-refractivity contribution in [1.82, 2.24) is 20.4 Å². The summed E-state index contributed by atoms with van der Waals surface area (Å²) in [6.45, 7) is 1.44. The van der Waals surface area contributed by atoms with Gasteiger partial charge in [-0.15, -0.1) is 0 Å². The van der Waals surface area contributed by atoms with Crippen molar-refractivity contribution in [2.45, 2.75) is 32.4 Å². The molecule has 0 unspecified atom stereocenters. The van der Waals surface area contributed by atoms with Crippen molar-refractivity contribution in [2.24, 2.45) is 0 Å². The normalized spacial score (nSPS) is 10.9. The van der Waals surface area contributed by atoms with Gasteiger partial charge in [0, 0.05) is 31.5 Å². The number of aromatic nitrogens is 2. The number of hydrogen-bond acceptors (Lipinski definition) is 6.